The second-order valence-corrected chi connectivity index (χ2v) is 12.7. The van der Waals surface area contributed by atoms with Crippen LogP contribution in [0.15, 0.2) is 47.4 Å². The van der Waals surface area contributed by atoms with Gasteiger partial charge >= 0.3 is 5.97 Å². The Hall–Kier alpha value is -4.55. The minimum Gasteiger partial charge on any atom is -0.479 e. The lowest BCUT2D eigenvalue weighted by atomic mass is 9.84. The molecule has 0 aliphatic carbocycles. The van der Waals surface area contributed by atoms with Gasteiger partial charge in [-0.3, -0.25) is 19.2 Å². The maximum Gasteiger partial charge on any atom is 0.303 e. The van der Waals surface area contributed by atoms with Gasteiger partial charge in [-0.2, -0.15) is 13.9 Å². The van der Waals surface area contributed by atoms with Gasteiger partial charge in [-0.25, -0.2) is 13.5 Å². The number of carbonyl (C=O) groups excluding carboxylic acids is 3. The largest absolute Gasteiger partial charge is 0.479 e. The molecule has 0 saturated carbocycles. The summed E-state index contributed by atoms with van der Waals surface area (Å²) in [5.74, 6) is -10.9. The molecule has 3 rings (SSSR count). The zero-order valence-electron chi connectivity index (χ0n) is 27.8. The molecule has 13 heteroatoms. The number of aromatic nitrogens is 2. The molecule has 9 nitrogen and oxygen atoms in total. The Kier molecular flexibility index (Phi) is 13.4. The van der Waals surface area contributed by atoms with E-state index < -0.39 is 65.3 Å². The molecule has 0 radical (unpaired) electrons. The number of benzene rings is 2. The number of ether oxygens (including phenoxy) is 2. The maximum atomic E-state index is 13.7. The first-order valence-electron chi connectivity index (χ1n) is 14.9. The molecule has 1 amide bonds. The van der Waals surface area contributed by atoms with Crippen molar-refractivity contribution in [3.8, 4) is 5.75 Å². The predicted molar refractivity (Wildman–Crippen MR) is 167 cm³/mol. The lowest BCUT2D eigenvalue weighted by Crippen LogP contribution is -2.38. The van der Waals surface area contributed by atoms with Crippen molar-refractivity contribution >= 4 is 17.7 Å². The highest BCUT2D eigenvalue weighted by Crippen LogP contribution is 2.27. The van der Waals surface area contributed by atoms with Gasteiger partial charge in [-0.15, -0.1) is 0 Å². The smallest absolute Gasteiger partial charge is 0.303 e. The average molecular weight is 664 g/mol. The van der Waals surface area contributed by atoms with Crippen LogP contribution in [0, 0.1) is 23.3 Å². The Morgan fingerprint density at radius 1 is 0.957 bits per heavy atom. The van der Waals surface area contributed by atoms with Gasteiger partial charge in [-0.1, -0.05) is 52.0 Å². The Labute approximate surface area is 271 Å². The summed E-state index contributed by atoms with van der Waals surface area (Å²) in [6, 6.07) is 9.15. The van der Waals surface area contributed by atoms with Crippen LogP contribution in [0.25, 0.3) is 0 Å². The number of hydrogen-bond acceptors (Lipinski definition) is 7. The van der Waals surface area contributed by atoms with Crippen molar-refractivity contribution in [2.75, 3.05) is 13.2 Å². The normalized spacial score (nSPS) is 12.0. The van der Waals surface area contributed by atoms with Crippen LogP contribution < -0.4 is 15.6 Å². The van der Waals surface area contributed by atoms with Gasteiger partial charge in [0.1, 0.15) is 12.2 Å². The number of hydrogen-bond donors (Lipinski definition) is 1. The van der Waals surface area contributed by atoms with E-state index in [9.17, 15) is 36.7 Å². The second-order valence-electron chi connectivity index (χ2n) is 12.7. The van der Waals surface area contributed by atoms with E-state index in [-0.39, 0.29) is 41.6 Å². The van der Waals surface area contributed by atoms with E-state index in [1.54, 1.807) is 6.92 Å². The molecule has 2 aromatic carbocycles. The van der Waals surface area contributed by atoms with Gasteiger partial charge in [0.25, 0.3) is 5.56 Å². The third-order valence-corrected chi connectivity index (χ3v) is 6.55. The fourth-order valence-electron chi connectivity index (χ4n) is 4.56. The van der Waals surface area contributed by atoms with Crippen molar-refractivity contribution in [3.05, 3.63) is 92.9 Å². The fourth-order valence-corrected chi connectivity index (χ4v) is 4.56. The van der Waals surface area contributed by atoms with E-state index >= 15 is 0 Å². The Morgan fingerprint density at radius 2 is 1.55 bits per heavy atom. The quantitative estimate of drug-likeness (QED) is 0.167. The van der Waals surface area contributed by atoms with E-state index in [4.69, 9.17) is 4.74 Å². The van der Waals surface area contributed by atoms with Crippen molar-refractivity contribution in [1.82, 2.24) is 15.1 Å². The molecule has 0 saturated heterocycles. The first-order chi connectivity index (χ1) is 21.8. The number of esters is 1. The standard InChI is InChI=1S/C28H29F4N3O4.C6H12O2/c1-5-18(26(37)33-13-17(36)15-39-25-23(31)21(29)12-22(30)24(25)32)19-10-11-34-35(27(19)38)14-16-8-6-7-9-20(16)28(2,3)4;1-5(7)8-6(2,3)4/h6-12,18H,5,13-15H2,1-4H3,(H,33,37);1-4H3. The molecular weight excluding hydrogens is 622 g/mol. The van der Waals surface area contributed by atoms with E-state index in [1.165, 1.54) is 23.9 Å². The molecule has 1 unspecified atom stereocenters. The van der Waals surface area contributed by atoms with Gasteiger partial charge in [0.15, 0.2) is 23.2 Å². The molecule has 0 aliphatic rings. The van der Waals surface area contributed by atoms with E-state index in [2.05, 4.69) is 35.9 Å². The van der Waals surface area contributed by atoms with Crippen LogP contribution in [0.5, 0.6) is 5.75 Å². The summed E-state index contributed by atoms with van der Waals surface area (Å²) in [7, 11) is 0. The number of halogens is 4. The van der Waals surface area contributed by atoms with E-state index in [0.29, 0.717) is 0 Å². The molecule has 0 spiro atoms. The highest BCUT2D eigenvalue weighted by Gasteiger charge is 2.25. The zero-order valence-corrected chi connectivity index (χ0v) is 27.8. The van der Waals surface area contributed by atoms with Gasteiger partial charge < -0.3 is 14.8 Å². The third kappa shape index (κ3) is 11.3. The topological polar surface area (TPSA) is 117 Å². The van der Waals surface area contributed by atoms with Crippen LogP contribution in [0.1, 0.15) is 84.4 Å². The number of amides is 1. The number of ketones is 1. The molecule has 0 fully saturated rings. The Bertz CT molecular complexity index is 1620. The lowest BCUT2D eigenvalue weighted by Gasteiger charge is -2.23. The van der Waals surface area contributed by atoms with E-state index in [0.717, 1.165) is 11.1 Å². The van der Waals surface area contributed by atoms with Crippen molar-refractivity contribution < 1.29 is 41.4 Å². The Morgan fingerprint density at radius 3 is 2.06 bits per heavy atom. The van der Waals surface area contributed by atoms with Crippen LogP contribution in [-0.2, 0) is 31.1 Å². The monoisotopic (exact) mass is 663 g/mol. The SMILES string of the molecule is CC(=O)OC(C)(C)C.CCC(C(=O)NCC(=O)COc1c(F)c(F)cc(F)c1F)c1ccnn(Cc2ccccc2C(C)(C)C)c1=O. The number of carbonyl (C=O) groups is 3. The molecule has 1 heterocycles. The number of Topliss-reactive ketones (excluding diaryl/α,β-unsaturated/α-hetero) is 1. The van der Waals surface area contributed by atoms with Crippen LogP contribution in [0.2, 0.25) is 0 Å². The molecular formula is C34H41F4N3O6. The van der Waals surface area contributed by atoms with Crippen LogP contribution in [-0.4, -0.2) is 46.2 Å². The fraction of sp³-hybridized carbons (Fsp3) is 0.441. The van der Waals surface area contributed by atoms with Crippen molar-refractivity contribution in [1.29, 1.82) is 0 Å². The van der Waals surface area contributed by atoms with Gasteiger partial charge in [0, 0.05) is 24.8 Å². The Balaban J connectivity index is 0.000000849. The summed E-state index contributed by atoms with van der Waals surface area (Å²) in [5.41, 5.74) is 1.19. The first kappa shape index (κ1) is 38.6. The highest BCUT2D eigenvalue weighted by atomic mass is 19.2. The minimum absolute atomic E-state index is 0.0148. The lowest BCUT2D eigenvalue weighted by molar-refractivity contribution is -0.151. The minimum atomic E-state index is -1.78. The van der Waals surface area contributed by atoms with Gasteiger partial charge in [0.2, 0.25) is 17.5 Å². The molecule has 0 bridgehead atoms. The summed E-state index contributed by atoms with van der Waals surface area (Å²) in [6.45, 7) is 13.4. The molecule has 256 valence electrons. The second kappa shape index (κ2) is 16.3. The van der Waals surface area contributed by atoms with Crippen molar-refractivity contribution in [2.45, 2.75) is 85.3 Å². The van der Waals surface area contributed by atoms with Crippen LogP contribution in [0.4, 0.5) is 17.6 Å². The molecule has 1 atom stereocenters. The number of rotatable bonds is 10. The maximum absolute atomic E-state index is 13.7. The summed E-state index contributed by atoms with van der Waals surface area (Å²) < 4.78 is 64.7. The molecule has 3 aromatic rings. The molecule has 0 aliphatic heterocycles. The summed E-state index contributed by atoms with van der Waals surface area (Å²) in [6.07, 6.45) is 1.65. The molecule has 1 N–H and O–H groups in total. The van der Waals surface area contributed by atoms with Crippen molar-refractivity contribution in [2.24, 2.45) is 0 Å². The summed E-state index contributed by atoms with van der Waals surface area (Å²) in [5, 5.41) is 6.55. The third-order valence-electron chi connectivity index (χ3n) is 6.55. The van der Waals surface area contributed by atoms with Crippen molar-refractivity contribution in [3.63, 3.8) is 0 Å². The number of nitrogens with one attached hydrogen (secondary N) is 1. The zero-order chi connectivity index (χ0) is 35.7. The van der Waals surface area contributed by atoms with Crippen LogP contribution >= 0.6 is 0 Å². The average Bonchev–Trinajstić information content (AvgIpc) is 2.96. The molecule has 47 heavy (non-hydrogen) atoms. The number of nitrogens with zero attached hydrogens (tertiary/aromatic N) is 2. The van der Waals surface area contributed by atoms with Crippen LogP contribution in [0.3, 0.4) is 0 Å². The highest BCUT2D eigenvalue weighted by molar-refractivity contribution is 5.89. The van der Waals surface area contributed by atoms with Gasteiger partial charge in [-0.05, 0) is 49.8 Å². The summed E-state index contributed by atoms with van der Waals surface area (Å²) >= 11 is 0. The van der Waals surface area contributed by atoms with E-state index in [1.807, 2.05) is 45.0 Å². The predicted octanol–water partition coefficient (Wildman–Crippen LogP) is 5.75. The summed E-state index contributed by atoms with van der Waals surface area (Å²) in [4.78, 5) is 48.5. The van der Waals surface area contributed by atoms with Gasteiger partial charge in [0.05, 0.1) is 19.0 Å². The molecule has 1 aromatic heterocycles. The first-order valence-corrected chi connectivity index (χ1v) is 14.9.